The van der Waals surface area contributed by atoms with E-state index in [2.05, 4.69) is 88.5 Å². The Labute approximate surface area is 196 Å². The number of nitrogens with one attached hydrogen (secondary N) is 1. The largest absolute Gasteiger partial charge is 0.351 e. The van der Waals surface area contributed by atoms with Crippen molar-refractivity contribution in [2.24, 2.45) is 0 Å². The van der Waals surface area contributed by atoms with Gasteiger partial charge in [-0.3, -0.25) is 4.98 Å². The number of thiocarbonyl (C=S) groups is 1. The van der Waals surface area contributed by atoms with Crippen molar-refractivity contribution in [3.05, 3.63) is 83.9 Å². The van der Waals surface area contributed by atoms with Gasteiger partial charge in [-0.05, 0) is 72.4 Å². The number of pyridine rings is 1. The van der Waals surface area contributed by atoms with Crippen molar-refractivity contribution in [3.8, 4) is 0 Å². The van der Waals surface area contributed by atoms with Gasteiger partial charge in [0.25, 0.3) is 0 Å². The van der Waals surface area contributed by atoms with Crippen molar-refractivity contribution in [2.45, 2.75) is 70.0 Å². The Balaban J connectivity index is 1.53. The van der Waals surface area contributed by atoms with Gasteiger partial charge in [0.05, 0.1) is 17.8 Å². The normalized spacial score (nSPS) is 21.8. The first-order valence-corrected chi connectivity index (χ1v) is 12.3. The summed E-state index contributed by atoms with van der Waals surface area (Å²) in [5, 5.41) is 4.34. The monoisotopic (exact) mass is 444 g/mol. The first-order valence-electron chi connectivity index (χ1n) is 11.9. The second kappa shape index (κ2) is 9.07. The predicted octanol–water partition coefficient (Wildman–Crippen LogP) is 6.69. The summed E-state index contributed by atoms with van der Waals surface area (Å²) in [6.45, 7) is 4.45. The van der Waals surface area contributed by atoms with Gasteiger partial charge >= 0.3 is 0 Å². The van der Waals surface area contributed by atoms with Crippen LogP contribution in [0, 0.1) is 0 Å². The van der Waals surface area contributed by atoms with Crippen molar-refractivity contribution in [2.75, 3.05) is 4.90 Å². The lowest BCUT2D eigenvalue weighted by Crippen LogP contribution is -2.29. The van der Waals surface area contributed by atoms with E-state index in [0.717, 1.165) is 16.5 Å². The molecule has 2 aliphatic rings. The van der Waals surface area contributed by atoms with Crippen LogP contribution in [-0.4, -0.2) is 14.7 Å². The highest BCUT2D eigenvalue weighted by Gasteiger charge is 2.41. The molecule has 0 spiro atoms. The van der Waals surface area contributed by atoms with Gasteiger partial charge in [0, 0.05) is 30.3 Å². The second-order valence-corrected chi connectivity index (χ2v) is 9.81. The maximum absolute atomic E-state index is 5.87. The number of rotatable bonds is 5. The van der Waals surface area contributed by atoms with Crippen molar-refractivity contribution in [1.82, 2.24) is 14.9 Å². The van der Waals surface area contributed by atoms with Crippen molar-refractivity contribution >= 4 is 23.0 Å². The van der Waals surface area contributed by atoms with Crippen LogP contribution in [-0.2, 0) is 0 Å². The lowest BCUT2D eigenvalue weighted by molar-refractivity contribution is 0.353. The molecule has 166 valence electrons. The molecule has 1 saturated heterocycles. The van der Waals surface area contributed by atoms with Gasteiger partial charge in [-0.25, -0.2) is 0 Å². The Morgan fingerprint density at radius 2 is 1.78 bits per heavy atom. The number of aromatic nitrogens is 2. The molecular weight excluding hydrogens is 412 g/mol. The molecule has 1 aliphatic carbocycles. The maximum atomic E-state index is 5.87. The first kappa shape index (κ1) is 21.2. The van der Waals surface area contributed by atoms with Crippen molar-refractivity contribution in [1.29, 1.82) is 0 Å². The van der Waals surface area contributed by atoms with Crippen LogP contribution in [0.5, 0.6) is 0 Å². The maximum Gasteiger partial charge on any atom is 0.174 e. The van der Waals surface area contributed by atoms with E-state index in [4.69, 9.17) is 12.2 Å². The molecule has 3 aromatic rings. The molecular formula is C27H32N4S. The molecule has 5 heteroatoms. The molecule has 32 heavy (non-hydrogen) atoms. The minimum absolute atomic E-state index is 0.00989. The molecule has 1 aromatic carbocycles. The molecule has 0 radical (unpaired) electrons. The van der Waals surface area contributed by atoms with Gasteiger partial charge in [-0.1, -0.05) is 51.3 Å². The van der Waals surface area contributed by atoms with E-state index in [1.807, 2.05) is 12.3 Å². The lowest BCUT2D eigenvalue weighted by Gasteiger charge is -2.28. The van der Waals surface area contributed by atoms with Gasteiger partial charge in [0.1, 0.15) is 0 Å². The van der Waals surface area contributed by atoms with Crippen molar-refractivity contribution < 1.29 is 0 Å². The van der Waals surface area contributed by atoms with Crippen LogP contribution < -0.4 is 10.2 Å². The van der Waals surface area contributed by atoms with Crippen LogP contribution in [0.3, 0.4) is 0 Å². The minimum atomic E-state index is 0.00989. The summed E-state index contributed by atoms with van der Waals surface area (Å²) in [5.41, 5.74) is 4.77. The number of nitrogens with zero attached hydrogens (tertiary/aromatic N) is 3. The quantitative estimate of drug-likeness (QED) is 0.445. The van der Waals surface area contributed by atoms with E-state index >= 15 is 0 Å². The van der Waals surface area contributed by atoms with E-state index in [9.17, 15) is 0 Å². The van der Waals surface area contributed by atoms with Gasteiger partial charge in [-0.15, -0.1) is 0 Å². The van der Waals surface area contributed by atoms with E-state index in [0.29, 0.717) is 12.0 Å². The number of hydrogen-bond acceptors (Lipinski definition) is 2. The predicted molar refractivity (Wildman–Crippen MR) is 135 cm³/mol. The Morgan fingerprint density at radius 3 is 2.47 bits per heavy atom. The summed E-state index contributed by atoms with van der Waals surface area (Å²) in [7, 11) is 0. The third kappa shape index (κ3) is 4.06. The van der Waals surface area contributed by atoms with E-state index in [1.165, 1.54) is 43.2 Å². The fourth-order valence-electron chi connectivity index (χ4n) is 5.20. The van der Waals surface area contributed by atoms with Crippen LogP contribution in [0.4, 0.5) is 5.69 Å². The summed E-state index contributed by atoms with van der Waals surface area (Å²) in [5.74, 6) is 0.509. The molecule has 0 amide bonds. The average molecular weight is 445 g/mol. The molecule has 5 rings (SSSR count). The fourth-order valence-corrected chi connectivity index (χ4v) is 5.55. The Bertz CT molecular complexity index is 1050. The van der Waals surface area contributed by atoms with E-state index in [1.54, 1.807) is 0 Å². The van der Waals surface area contributed by atoms with Crippen LogP contribution in [0.15, 0.2) is 67.1 Å². The average Bonchev–Trinajstić information content (AvgIpc) is 3.45. The molecule has 3 heterocycles. The van der Waals surface area contributed by atoms with Crippen LogP contribution >= 0.6 is 12.2 Å². The third-order valence-electron chi connectivity index (χ3n) is 7.01. The van der Waals surface area contributed by atoms with E-state index in [-0.39, 0.29) is 12.1 Å². The highest BCUT2D eigenvalue weighted by molar-refractivity contribution is 7.80. The fraction of sp³-hybridized carbons (Fsp3) is 0.407. The van der Waals surface area contributed by atoms with Crippen LogP contribution in [0.25, 0.3) is 0 Å². The highest BCUT2D eigenvalue weighted by Crippen LogP contribution is 2.42. The summed E-state index contributed by atoms with van der Waals surface area (Å²) >= 11 is 5.87. The SMILES string of the molecule is CC(C)c1ccc(N2C(=S)NC(c3ccccn3)C2c2ccn(C3CCCCC3)c2)cc1. The topological polar surface area (TPSA) is 33.1 Å². The summed E-state index contributed by atoms with van der Waals surface area (Å²) < 4.78 is 2.44. The molecule has 2 aromatic heterocycles. The second-order valence-electron chi connectivity index (χ2n) is 9.43. The molecule has 2 fully saturated rings. The smallest absolute Gasteiger partial charge is 0.174 e. The van der Waals surface area contributed by atoms with Gasteiger partial charge in [0.15, 0.2) is 5.11 Å². The zero-order chi connectivity index (χ0) is 22.1. The molecule has 0 bridgehead atoms. The number of anilines is 1. The number of hydrogen-bond donors (Lipinski definition) is 1. The Hall–Kier alpha value is -2.66. The summed E-state index contributed by atoms with van der Waals surface area (Å²) in [4.78, 5) is 6.95. The molecule has 1 saturated carbocycles. The van der Waals surface area contributed by atoms with Crippen molar-refractivity contribution in [3.63, 3.8) is 0 Å². The molecule has 1 N–H and O–H groups in total. The molecule has 4 nitrogen and oxygen atoms in total. The lowest BCUT2D eigenvalue weighted by atomic mass is 9.95. The standard InChI is InChI=1S/C27H32N4S/c1-19(2)20-11-13-23(14-12-20)31-26(25(29-27(31)32)24-10-6-7-16-28-24)21-15-17-30(18-21)22-8-4-3-5-9-22/h6-7,10-19,22,25-26H,3-5,8-9H2,1-2H3,(H,29,32). The first-order chi connectivity index (χ1) is 15.6. The minimum Gasteiger partial charge on any atom is -0.351 e. The van der Waals surface area contributed by atoms with E-state index < -0.39 is 0 Å². The highest BCUT2D eigenvalue weighted by atomic mass is 32.1. The molecule has 2 atom stereocenters. The van der Waals surface area contributed by atoms with Gasteiger partial charge in [0.2, 0.25) is 0 Å². The van der Waals surface area contributed by atoms with Crippen LogP contribution in [0.1, 0.15) is 86.8 Å². The molecule has 2 unspecified atom stereocenters. The van der Waals surface area contributed by atoms with Gasteiger partial charge < -0.3 is 14.8 Å². The van der Waals surface area contributed by atoms with Gasteiger partial charge in [-0.2, -0.15) is 0 Å². The Kier molecular flexibility index (Phi) is 6.01. The van der Waals surface area contributed by atoms with Crippen LogP contribution in [0.2, 0.25) is 0 Å². The number of benzene rings is 1. The summed E-state index contributed by atoms with van der Waals surface area (Å²) in [6, 6.07) is 17.9. The summed E-state index contributed by atoms with van der Waals surface area (Å²) in [6.07, 6.45) is 13.1. The zero-order valence-corrected chi connectivity index (χ0v) is 19.8. The Morgan fingerprint density at radius 1 is 1.00 bits per heavy atom. The third-order valence-corrected chi connectivity index (χ3v) is 7.33. The zero-order valence-electron chi connectivity index (χ0n) is 18.9. The molecule has 1 aliphatic heterocycles.